The molecule has 0 amide bonds. The molecule has 0 aliphatic rings. The molecule has 0 aromatic heterocycles. The third-order valence-electron chi connectivity index (χ3n) is 4.80. The molecule has 33 heavy (non-hydrogen) atoms. The maximum absolute atomic E-state index is 13.3. The molecule has 0 heterocycles. The Hall–Kier alpha value is -3.81. The van der Waals surface area contributed by atoms with Gasteiger partial charge in [-0.15, -0.1) is 0 Å². The molecule has 0 saturated heterocycles. The van der Waals surface area contributed by atoms with Gasteiger partial charge >= 0.3 is 12.1 Å². The lowest BCUT2D eigenvalue weighted by atomic mass is 10.1. The van der Waals surface area contributed by atoms with Gasteiger partial charge in [0, 0.05) is 24.2 Å². The minimum Gasteiger partial charge on any atom is -0.481 e. The quantitative estimate of drug-likeness (QED) is 0.291. The normalized spacial score (nSPS) is 12.5. The smallest absolute Gasteiger partial charge is 0.432 e. The highest BCUT2D eigenvalue weighted by Gasteiger charge is 2.43. The molecule has 2 N–H and O–H groups in total. The van der Waals surface area contributed by atoms with E-state index in [1.807, 2.05) is 30.3 Å². The molecule has 0 aliphatic carbocycles. The fourth-order valence-electron chi connectivity index (χ4n) is 3.12. The van der Waals surface area contributed by atoms with E-state index in [0.29, 0.717) is 18.5 Å². The molecular weight excluding hydrogens is 433 g/mol. The van der Waals surface area contributed by atoms with Crippen molar-refractivity contribution < 1.29 is 27.9 Å². The number of carboxylic acid groups (broad SMARTS) is 1. The van der Waals surface area contributed by atoms with Crippen molar-refractivity contribution in [1.29, 1.82) is 0 Å². The maximum atomic E-state index is 13.3. The van der Waals surface area contributed by atoms with E-state index in [2.05, 4.69) is 10.5 Å². The molecule has 0 aliphatic heterocycles. The minimum absolute atomic E-state index is 0.0194. The van der Waals surface area contributed by atoms with E-state index in [-0.39, 0.29) is 12.0 Å². The molecule has 3 rings (SSSR count). The van der Waals surface area contributed by atoms with Gasteiger partial charge in [-0.3, -0.25) is 4.79 Å². The van der Waals surface area contributed by atoms with Gasteiger partial charge in [0.15, 0.2) is 0 Å². The number of alkyl halides is 3. The molecule has 0 spiro atoms. The third-order valence-corrected chi connectivity index (χ3v) is 4.80. The van der Waals surface area contributed by atoms with Crippen LogP contribution in [0.5, 0.6) is 0 Å². The van der Waals surface area contributed by atoms with E-state index in [9.17, 15) is 18.0 Å². The predicted octanol–water partition coefficient (Wildman–Crippen LogP) is 5.97. The summed E-state index contributed by atoms with van der Waals surface area (Å²) in [5.74, 6) is -0.833. The van der Waals surface area contributed by atoms with E-state index in [1.165, 1.54) is 30.5 Å². The first kappa shape index (κ1) is 23.8. The average Bonchev–Trinajstić information content (AvgIpc) is 2.80. The van der Waals surface area contributed by atoms with Gasteiger partial charge in [0.1, 0.15) is 0 Å². The van der Waals surface area contributed by atoms with Gasteiger partial charge < -0.3 is 15.3 Å². The van der Waals surface area contributed by atoms with E-state index >= 15 is 0 Å². The standard InChI is InChI=1S/C25H23F3N2O3/c26-25(27,28)24(21-7-2-1-3-8-21)33-30-17-20-6-4-5-19(15-20)16-29-22-12-9-18(10-13-22)11-14-23(31)32/h1-10,12-13,15,17,24,29H,11,14,16H2,(H,31,32)/b30-17+. The molecule has 0 radical (unpaired) electrons. The van der Waals surface area contributed by atoms with Crippen LogP contribution in [0, 0.1) is 0 Å². The van der Waals surface area contributed by atoms with Crippen molar-refractivity contribution in [1.82, 2.24) is 0 Å². The summed E-state index contributed by atoms with van der Waals surface area (Å²) in [6.07, 6.45) is -4.92. The molecule has 8 heteroatoms. The molecule has 1 atom stereocenters. The van der Waals surface area contributed by atoms with Gasteiger partial charge in [-0.2, -0.15) is 13.2 Å². The van der Waals surface area contributed by atoms with Gasteiger partial charge in [0.25, 0.3) is 0 Å². The first-order valence-corrected chi connectivity index (χ1v) is 10.3. The molecule has 1 unspecified atom stereocenters. The second-order valence-electron chi connectivity index (χ2n) is 7.36. The van der Waals surface area contributed by atoms with E-state index in [1.54, 1.807) is 24.3 Å². The second-order valence-corrected chi connectivity index (χ2v) is 7.36. The van der Waals surface area contributed by atoms with Crippen LogP contribution in [0.25, 0.3) is 0 Å². The largest absolute Gasteiger partial charge is 0.481 e. The Morgan fingerprint density at radius 1 is 1.00 bits per heavy atom. The van der Waals surface area contributed by atoms with Crippen LogP contribution in [-0.2, 0) is 22.6 Å². The number of aryl methyl sites for hydroxylation is 1. The molecule has 0 fully saturated rings. The Bertz CT molecular complexity index is 1070. The molecule has 0 bridgehead atoms. The lowest BCUT2D eigenvalue weighted by Gasteiger charge is -2.18. The number of hydrogen-bond acceptors (Lipinski definition) is 4. The molecule has 3 aromatic rings. The van der Waals surface area contributed by atoms with Crippen LogP contribution >= 0.6 is 0 Å². The van der Waals surface area contributed by atoms with E-state index in [0.717, 1.165) is 16.8 Å². The highest BCUT2D eigenvalue weighted by atomic mass is 19.4. The van der Waals surface area contributed by atoms with Crippen LogP contribution in [0.1, 0.15) is 34.8 Å². The molecule has 3 aromatic carbocycles. The number of carbonyl (C=O) groups is 1. The third kappa shape index (κ3) is 7.68. The van der Waals surface area contributed by atoms with Crippen molar-refractivity contribution in [3.8, 4) is 0 Å². The van der Waals surface area contributed by atoms with Crippen molar-refractivity contribution in [2.75, 3.05) is 5.32 Å². The fourth-order valence-corrected chi connectivity index (χ4v) is 3.12. The van der Waals surface area contributed by atoms with Crippen molar-refractivity contribution >= 4 is 17.9 Å². The minimum atomic E-state index is -4.59. The first-order chi connectivity index (χ1) is 15.8. The zero-order chi connectivity index (χ0) is 23.7. The summed E-state index contributed by atoms with van der Waals surface area (Å²) >= 11 is 0. The predicted molar refractivity (Wildman–Crippen MR) is 120 cm³/mol. The first-order valence-electron chi connectivity index (χ1n) is 10.3. The van der Waals surface area contributed by atoms with Crippen molar-refractivity contribution in [3.63, 3.8) is 0 Å². The van der Waals surface area contributed by atoms with Crippen LogP contribution < -0.4 is 5.32 Å². The number of carboxylic acids is 1. The Kier molecular flexibility index (Phi) is 8.07. The van der Waals surface area contributed by atoms with Gasteiger partial charge in [0.05, 0.1) is 6.21 Å². The maximum Gasteiger partial charge on any atom is 0.432 e. The number of oxime groups is 1. The number of nitrogens with zero attached hydrogens (tertiary/aromatic N) is 1. The topological polar surface area (TPSA) is 70.9 Å². The highest BCUT2D eigenvalue weighted by Crippen LogP contribution is 2.35. The lowest BCUT2D eigenvalue weighted by molar-refractivity contribution is -0.223. The summed E-state index contributed by atoms with van der Waals surface area (Å²) in [4.78, 5) is 15.5. The summed E-state index contributed by atoms with van der Waals surface area (Å²) in [5.41, 5.74) is 3.30. The van der Waals surface area contributed by atoms with Gasteiger partial charge in [0.2, 0.25) is 6.10 Å². The number of anilines is 1. The van der Waals surface area contributed by atoms with Gasteiger partial charge in [-0.1, -0.05) is 65.8 Å². The Balaban J connectivity index is 1.58. The molecule has 0 saturated carbocycles. The average molecular weight is 456 g/mol. The number of benzene rings is 3. The van der Waals surface area contributed by atoms with E-state index < -0.39 is 18.2 Å². The number of hydrogen-bond donors (Lipinski definition) is 2. The lowest BCUT2D eigenvalue weighted by Crippen LogP contribution is -2.22. The SMILES string of the molecule is O=C(O)CCc1ccc(NCc2cccc(/C=N/OC(c3ccccc3)C(F)(F)F)c2)cc1. The molecular formula is C25H23F3N2O3. The number of rotatable bonds is 10. The van der Waals surface area contributed by atoms with Crippen LogP contribution in [0.3, 0.4) is 0 Å². The van der Waals surface area contributed by atoms with Crippen LogP contribution in [0.2, 0.25) is 0 Å². The summed E-state index contributed by atoms with van der Waals surface area (Å²) in [6.45, 7) is 0.492. The van der Waals surface area contributed by atoms with Crippen LogP contribution in [-0.4, -0.2) is 23.5 Å². The summed E-state index contributed by atoms with van der Waals surface area (Å²) in [6, 6.07) is 22.0. The zero-order valence-electron chi connectivity index (χ0n) is 17.6. The van der Waals surface area contributed by atoms with E-state index in [4.69, 9.17) is 9.94 Å². The number of aliphatic carboxylic acids is 1. The Labute approximate surface area is 189 Å². The number of nitrogens with one attached hydrogen (secondary N) is 1. The zero-order valence-corrected chi connectivity index (χ0v) is 17.6. The van der Waals surface area contributed by atoms with Crippen LogP contribution in [0.15, 0.2) is 84.0 Å². The second kappa shape index (κ2) is 11.2. The van der Waals surface area contributed by atoms with Crippen LogP contribution in [0.4, 0.5) is 18.9 Å². The van der Waals surface area contributed by atoms with Crippen molar-refractivity contribution in [2.45, 2.75) is 31.7 Å². The summed E-state index contributed by atoms with van der Waals surface area (Å²) in [7, 11) is 0. The Morgan fingerprint density at radius 2 is 1.73 bits per heavy atom. The number of halogens is 3. The molecule has 172 valence electrons. The van der Waals surface area contributed by atoms with Crippen molar-refractivity contribution in [2.24, 2.45) is 5.16 Å². The highest BCUT2D eigenvalue weighted by molar-refractivity contribution is 5.79. The molecule has 5 nitrogen and oxygen atoms in total. The summed E-state index contributed by atoms with van der Waals surface area (Å²) < 4.78 is 40.0. The summed E-state index contributed by atoms with van der Waals surface area (Å²) in [5, 5.41) is 15.6. The van der Waals surface area contributed by atoms with Gasteiger partial charge in [-0.25, -0.2) is 0 Å². The monoisotopic (exact) mass is 456 g/mol. The van der Waals surface area contributed by atoms with Crippen molar-refractivity contribution in [3.05, 3.63) is 101 Å². The Morgan fingerprint density at radius 3 is 2.39 bits per heavy atom. The van der Waals surface area contributed by atoms with Gasteiger partial charge in [-0.05, 0) is 41.3 Å². The fraction of sp³-hybridized carbons (Fsp3) is 0.200.